The number of nitrogens with zero attached hydrogens (tertiary/aromatic N) is 5. The molecule has 0 radical (unpaired) electrons. The average Bonchev–Trinajstić information content (AvgIpc) is 3.46. The number of anilines is 6. The molecule has 242 valence electrons. The first-order valence-electron chi connectivity index (χ1n) is 15.3. The highest BCUT2D eigenvalue weighted by Crippen LogP contribution is 2.39. The van der Waals surface area contributed by atoms with Gasteiger partial charge in [-0.15, -0.1) is 0 Å². The first-order valence-corrected chi connectivity index (χ1v) is 17.5. The highest BCUT2D eigenvalue weighted by Gasteiger charge is 2.28. The Bertz CT molecular complexity index is 1660. The Hall–Kier alpha value is -3.52. The van der Waals surface area contributed by atoms with E-state index >= 15 is 0 Å². The third-order valence-electron chi connectivity index (χ3n) is 8.75. The average molecular weight is 657 g/mol. The van der Waals surface area contributed by atoms with Crippen LogP contribution in [0.1, 0.15) is 24.0 Å². The predicted molar refractivity (Wildman–Crippen MR) is 180 cm³/mol. The summed E-state index contributed by atoms with van der Waals surface area (Å²) in [5.41, 5.74) is 4.83. The van der Waals surface area contributed by atoms with E-state index in [4.69, 9.17) is 21.1 Å². The number of hydrogen-bond donors (Lipinski definition) is 3. The molecule has 0 spiro atoms. The van der Waals surface area contributed by atoms with Crippen LogP contribution in [0.4, 0.5) is 34.5 Å². The standard InChI is InChI=1S/C31H41ClN8O4S/c1-20-15-26(29(43-3)18-27(20)40-8-5-22(6-9-40)39-12-10-38(2)11-13-39)35-31-33-19-23(32)30(36-31)34-24-16-21-7-14-44-28(21)17-25(24)37-45(4,41)42/h15-19,22,37H,5-14H2,1-4H3,(H2,33,34,35,36). The van der Waals surface area contributed by atoms with Crippen LogP contribution in [0.2, 0.25) is 5.02 Å². The van der Waals surface area contributed by atoms with Gasteiger partial charge < -0.3 is 29.9 Å². The lowest BCUT2D eigenvalue weighted by Gasteiger charge is -2.43. The van der Waals surface area contributed by atoms with Crippen molar-refractivity contribution in [1.29, 1.82) is 0 Å². The Morgan fingerprint density at radius 3 is 2.47 bits per heavy atom. The second kappa shape index (κ2) is 13.1. The molecular weight excluding hydrogens is 616 g/mol. The number of likely N-dealkylation sites (N-methyl/N-ethyl adjacent to an activating group) is 1. The second-order valence-electron chi connectivity index (χ2n) is 12.0. The summed E-state index contributed by atoms with van der Waals surface area (Å²) in [6, 6.07) is 8.30. The molecule has 2 fully saturated rings. The van der Waals surface area contributed by atoms with Gasteiger partial charge in [-0.2, -0.15) is 4.98 Å². The predicted octanol–water partition coefficient (Wildman–Crippen LogP) is 4.46. The van der Waals surface area contributed by atoms with Crippen molar-refractivity contribution in [1.82, 2.24) is 19.8 Å². The summed E-state index contributed by atoms with van der Waals surface area (Å²) in [7, 11) is 0.309. The van der Waals surface area contributed by atoms with E-state index in [2.05, 4.69) is 66.1 Å². The number of piperazine rings is 1. The molecule has 3 aliphatic heterocycles. The van der Waals surface area contributed by atoms with E-state index in [1.54, 1.807) is 13.2 Å². The van der Waals surface area contributed by atoms with E-state index in [1.807, 2.05) is 6.07 Å². The number of halogens is 1. The molecule has 3 aromatic rings. The summed E-state index contributed by atoms with van der Waals surface area (Å²) < 4.78 is 38.1. The van der Waals surface area contributed by atoms with Crippen molar-refractivity contribution in [2.75, 3.05) is 86.5 Å². The van der Waals surface area contributed by atoms with Crippen LogP contribution in [-0.2, 0) is 16.4 Å². The Morgan fingerprint density at radius 1 is 1.00 bits per heavy atom. The highest BCUT2D eigenvalue weighted by molar-refractivity contribution is 7.92. The molecule has 3 aliphatic rings. The van der Waals surface area contributed by atoms with E-state index in [-0.39, 0.29) is 5.02 Å². The zero-order valence-corrected chi connectivity index (χ0v) is 27.8. The van der Waals surface area contributed by atoms with Crippen LogP contribution in [0, 0.1) is 6.92 Å². The third kappa shape index (κ3) is 7.32. The number of rotatable bonds is 9. The number of aryl methyl sites for hydroxylation is 1. The molecule has 0 aliphatic carbocycles. The minimum absolute atomic E-state index is 0.279. The Labute approximate surface area is 270 Å². The molecule has 2 aromatic carbocycles. The molecule has 0 bridgehead atoms. The van der Waals surface area contributed by atoms with Gasteiger partial charge in [-0.3, -0.25) is 9.62 Å². The van der Waals surface area contributed by atoms with Gasteiger partial charge in [-0.25, -0.2) is 13.4 Å². The molecule has 1 aromatic heterocycles. The van der Waals surface area contributed by atoms with Crippen LogP contribution in [0.5, 0.6) is 11.5 Å². The Morgan fingerprint density at radius 2 is 1.76 bits per heavy atom. The summed E-state index contributed by atoms with van der Waals surface area (Å²) >= 11 is 6.49. The molecular formula is C31H41ClN8O4S. The quantitative estimate of drug-likeness (QED) is 0.303. The van der Waals surface area contributed by atoms with Gasteiger partial charge in [0.15, 0.2) is 5.82 Å². The molecule has 0 atom stereocenters. The first kappa shape index (κ1) is 31.5. The fourth-order valence-corrected chi connectivity index (χ4v) is 7.03. The lowest BCUT2D eigenvalue weighted by Crippen LogP contribution is -2.52. The fourth-order valence-electron chi connectivity index (χ4n) is 6.32. The molecule has 0 amide bonds. The zero-order chi connectivity index (χ0) is 31.7. The molecule has 2 saturated heterocycles. The monoisotopic (exact) mass is 656 g/mol. The minimum atomic E-state index is -3.55. The number of methoxy groups -OCH3 is 1. The maximum atomic E-state index is 12.1. The van der Waals surface area contributed by atoms with E-state index in [1.165, 1.54) is 11.9 Å². The molecule has 45 heavy (non-hydrogen) atoms. The summed E-state index contributed by atoms with van der Waals surface area (Å²) in [6.45, 7) is 9.25. The van der Waals surface area contributed by atoms with Crippen molar-refractivity contribution in [2.45, 2.75) is 32.2 Å². The topological polar surface area (TPSA) is 124 Å². The number of hydrogen-bond acceptors (Lipinski definition) is 11. The number of aromatic nitrogens is 2. The van der Waals surface area contributed by atoms with Crippen molar-refractivity contribution in [2.24, 2.45) is 0 Å². The van der Waals surface area contributed by atoms with Crippen molar-refractivity contribution in [3.05, 3.63) is 46.6 Å². The van der Waals surface area contributed by atoms with Gasteiger partial charge in [0.2, 0.25) is 16.0 Å². The summed E-state index contributed by atoms with van der Waals surface area (Å²) in [4.78, 5) is 16.5. The number of sulfonamides is 1. The maximum absolute atomic E-state index is 12.1. The van der Waals surface area contributed by atoms with Crippen molar-refractivity contribution < 1.29 is 17.9 Å². The van der Waals surface area contributed by atoms with Crippen LogP contribution in [-0.4, -0.2) is 101 Å². The Balaban J connectivity index is 1.18. The van der Waals surface area contributed by atoms with Crippen LogP contribution >= 0.6 is 11.6 Å². The SMILES string of the molecule is COc1cc(N2CCC(N3CCN(C)CC3)CC2)c(C)cc1Nc1ncc(Cl)c(Nc2cc3c(cc2NS(C)(=O)=O)OCC3)n1. The van der Waals surface area contributed by atoms with Gasteiger partial charge >= 0.3 is 0 Å². The fraction of sp³-hybridized carbons (Fsp3) is 0.484. The summed E-state index contributed by atoms with van der Waals surface area (Å²) in [6.07, 6.45) is 5.62. The van der Waals surface area contributed by atoms with Gasteiger partial charge in [0.05, 0.1) is 43.2 Å². The molecule has 12 nitrogen and oxygen atoms in total. The van der Waals surface area contributed by atoms with Gasteiger partial charge in [-0.05, 0) is 50.1 Å². The van der Waals surface area contributed by atoms with E-state index in [0.717, 1.165) is 81.6 Å². The smallest absolute Gasteiger partial charge is 0.229 e. The van der Waals surface area contributed by atoms with Crippen LogP contribution < -0.4 is 29.7 Å². The number of nitrogens with one attached hydrogen (secondary N) is 3. The lowest BCUT2D eigenvalue weighted by molar-refractivity contribution is 0.0982. The van der Waals surface area contributed by atoms with E-state index in [0.29, 0.717) is 47.3 Å². The van der Waals surface area contributed by atoms with Crippen LogP contribution in [0.3, 0.4) is 0 Å². The van der Waals surface area contributed by atoms with Crippen LogP contribution in [0.15, 0.2) is 30.5 Å². The summed E-state index contributed by atoms with van der Waals surface area (Å²) in [5, 5.41) is 6.76. The summed E-state index contributed by atoms with van der Waals surface area (Å²) in [5.74, 6) is 1.96. The highest BCUT2D eigenvalue weighted by atomic mass is 35.5. The normalized spacial score (nSPS) is 17.9. The minimum Gasteiger partial charge on any atom is -0.494 e. The van der Waals surface area contributed by atoms with Crippen molar-refractivity contribution in [3.8, 4) is 11.5 Å². The number of piperidine rings is 1. The first-order chi connectivity index (χ1) is 21.6. The number of benzene rings is 2. The van der Waals surface area contributed by atoms with Crippen LogP contribution in [0.25, 0.3) is 0 Å². The molecule has 0 unspecified atom stereocenters. The maximum Gasteiger partial charge on any atom is 0.229 e. The second-order valence-corrected chi connectivity index (χ2v) is 14.2. The van der Waals surface area contributed by atoms with Gasteiger partial charge in [0, 0.05) is 69.6 Å². The number of ether oxygens (including phenoxy) is 2. The molecule has 6 rings (SSSR count). The van der Waals surface area contributed by atoms with Gasteiger partial charge in [-0.1, -0.05) is 11.6 Å². The molecule has 0 saturated carbocycles. The van der Waals surface area contributed by atoms with E-state index in [9.17, 15) is 8.42 Å². The number of fused-ring (bicyclic) bond motifs is 1. The van der Waals surface area contributed by atoms with E-state index < -0.39 is 10.0 Å². The largest absolute Gasteiger partial charge is 0.494 e. The zero-order valence-electron chi connectivity index (χ0n) is 26.2. The molecule has 4 heterocycles. The van der Waals surface area contributed by atoms with Crippen molar-refractivity contribution >= 4 is 56.1 Å². The molecule has 14 heteroatoms. The Kier molecular flexibility index (Phi) is 9.14. The third-order valence-corrected chi connectivity index (χ3v) is 9.61. The lowest BCUT2D eigenvalue weighted by atomic mass is 10.0. The van der Waals surface area contributed by atoms with Gasteiger partial charge in [0.25, 0.3) is 0 Å². The van der Waals surface area contributed by atoms with Crippen molar-refractivity contribution in [3.63, 3.8) is 0 Å². The van der Waals surface area contributed by atoms with Gasteiger partial charge in [0.1, 0.15) is 16.5 Å². The molecule has 3 N–H and O–H groups in total.